The molecule has 0 unspecified atom stereocenters. The number of nitro benzene ring substituents is 1. The zero-order chi connectivity index (χ0) is 13.0. The summed E-state index contributed by atoms with van der Waals surface area (Å²) in [5.74, 6) is 0. The van der Waals surface area contributed by atoms with E-state index >= 15 is 0 Å². The molecule has 0 saturated heterocycles. The van der Waals surface area contributed by atoms with Gasteiger partial charge in [-0.1, -0.05) is 36.4 Å². The Hall–Kier alpha value is -2.20. The SMILES string of the molecule is O=[N+]([O-])c1cc(Cc2ccccc2)ccc1CO. The van der Waals surface area contributed by atoms with Crippen molar-refractivity contribution in [1.82, 2.24) is 0 Å². The molecule has 0 amide bonds. The minimum absolute atomic E-state index is 0.0223. The second-order valence-electron chi connectivity index (χ2n) is 4.04. The maximum Gasteiger partial charge on any atom is 0.275 e. The van der Waals surface area contributed by atoms with Crippen molar-refractivity contribution in [3.8, 4) is 0 Å². The maximum absolute atomic E-state index is 10.9. The molecule has 0 spiro atoms. The zero-order valence-corrected chi connectivity index (χ0v) is 9.74. The van der Waals surface area contributed by atoms with Gasteiger partial charge in [0.25, 0.3) is 5.69 Å². The summed E-state index contributed by atoms with van der Waals surface area (Å²) >= 11 is 0. The van der Waals surface area contributed by atoms with Crippen molar-refractivity contribution in [2.45, 2.75) is 13.0 Å². The van der Waals surface area contributed by atoms with Crippen LogP contribution in [-0.2, 0) is 13.0 Å². The number of aliphatic hydroxyl groups is 1. The van der Waals surface area contributed by atoms with Crippen molar-refractivity contribution in [2.75, 3.05) is 0 Å². The van der Waals surface area contributed by atoms with E-state index < -0.39 is 4.92 Å². The highest BCUT2D eigenvalue weighted by Gasteiger charge is 2.13. The molecule has 4 heteroatoms. The van der Waals surface area contributed by atoms with Gasteiger partial charge in [0.15, 0.2) is 0 Å². The highest BCUT2D eigenvalue weighted by molar-refractivity contribution is 5.44. The fourth-order valence-electron chi connectivity index (χ4n) is 1.85. The lowest BCUT2D eigenvalue weighted by atomic mass is 10.0. The predicted molar refractivity (Wildman–Crippen MR) is 68.3 cm³/mol. The lowest BCUT2D eigenvalue weighted by Gasteiger charge is -2.04. The number of hydrogen-bond acceptors (Lipinski definition) is 3. The van der Waals surface area contributed by atoms with E-state index in [4.69, 9.17) is 5.11 Å². The molecule has 0 aliphatic carbocycles. The minimum Gasteiger partial charge on any atom is -0.391 e. The molecule has 2 aromatic carbocycles. The molecule has 0 aliphatic rings. The topological polar surface area (TPSA) is 63.4 Å². The first kappa shape index (κ1) is 12.3. The Labute approximate surface area is 105 Å². The first-order chi connectivity index (χ1) is 8.70. The summed E-state index contributed by atoms with van der Waals surface area (Å²) in [5.41, 5.74) is 2.29. The molecule has 2 rings (SSSR count). The first-order valence-electron chi connectivity index (χ1n) is 5.61. The van der Waals surface area contributed by atoms with Crippen LogP contribution in [0.5, 0.6) is 0 Å². The van der Waals surface area contributed by atoms with E-state index in [-0.39, 0.29) is 12.3 Å². The number of rotatable bonds is 4. The van der Waals surface area contributed by atoms with Crippen molar-refractivity contribution < 1.29 is 10.0 Å². The molecule has 0 radical (unpaired) electrons. The molecule has 0 saturated carbocycles. The van der Waals surface area contributed by atoms with Gasteiger partial charge in [0.2, 0.25) is 0 Å². The normalized spacial score (nSPS) is 10.3. The van der Waals surface area contributed by atoms with Crippen LogP contribution in [0.25, 0.3) is 0 Å². The van der Waals surface area contributed by atoms with Crippen LogP contribution >= 0.6 is 0 Å². The molecule has 0 atom stereocenters. The van der Waals surface area contributed by atoms with Gasteiger partial charge in [0.05, 0.1) is 17.1 Å². The molecule has 4 nitrogen and oxygen atoms in total. The molecule has 1 N–H and O–H groups in total. The molecule has 0 fully saturated rings. The summed E-state index contributed by atoms with van der Waals surface area (Å²) < 4.78 is 0. The van der Waals surface area contributed by atoms with Crippen molar-refractivity contribution in [1.29, 1.82) is 0 Å². The monoisotopic (exact) mass is 243 g/mol. The first-order valence-corrected chi connectivity index (χ1v) is 5.61. The third kappa shape index (κ3) is 2.73. The standard InChI is InChI=1S/C14H13NO3/c16-10-13-7-6-12(9-14(13)15(17)18)8-11-4-2-1-3-5-11/h1-7,9,16H,8,10H2. The summed E-state index contributed by atoms with van der Waals surface area (Å²) in [6, 6.07) is 14.7. The molecule has 0 aliphatic heterocycles. The van der Waals surface area contributed by atoms with Gasteiger partial charge in [-0.25, -0.2) is 0 Å². The zero-order valence-electron chi connectivity index (χ0n) is 9.74. The smallest absolute Gasteiger partial charge is 0.275 e. The maximum atomic E-state index is 10.9. The number of nitro groups is 1. The second-order valence-corrected chi connectivity index (χ2v) is 4.04. The van der Waals surface area contributed by atoms with Gasteiger partial charge in [0, 0.05) is 6.07 Å². The molecule has 18 heavy (non-hydrogen) atoms. The molecule has 0 aromatic heterocycles. The van der Waals surface area contributed by atoms with Crippen LogP contribution < -0.4 is 0 Å². The van der Waals surface area contributed by atoms with E-state index in [1.54, 1.807) is 6.07 Å². The largest absolute Gasteiger partial charge is 0.391 e. The van der Waals surface area contributed by atoms with Gasteiger partial charge in [0.1, 0.15) is 0 Å². The van der Waals surface area contributed by atoms with Gasteiger partial charge in [-0.2, -0.15) is 0 Å². The van der Waals surface area contributed by atoms with Gasteiger partial charge in [-0.05, 0) is 23.6 Å². The average Bonchev–Trinajstić information content (AvgIpc) is 2.40. The highest BCUT2D eigenvalue weighted by Crippen LogP contribution is 2.22. The Balaban J connectivity index is 2.30. The van der Waals surface area contributed by atoms with E-state index in [0.717, 1.165) is 11.1 Å². The third-order valence-electron chi connectivity index (χ3n) is 2.77. The van der Waals surface area contributed by atoms with Crippen LogP contribution in [0, 0.1) is 10.1 Å². The van der Waals surface area contributed by atoms with E-state index in [1.165, 1.54) is 6.07 Å². The number of nitrogens with zero attached hydrogens (tertiary/aromatic N) is 1. The Morgan fingerprint density at radius 3 is 2.39 bits per heavy atom. The van der Waals surface area contributed by atoms with Gasteiger partial charge < -0.3 is 5.11 Å². The van der Waals surface area contributed by atoms with E-state index in [2.05, 4.69) is 0 Å². The number of benzene rings is 2. The molecule has 0 heterocycles. The fourth-order valence-corrected chi connectivity index (χ4v) is 1.85. The van der Waals surface area contributed by atoms with E-state index in [1.807, 2.05) is 36.4 Å². The van der Waals surface area contributed by atoms with Crippen LogP contribution in [0.15, 0.2) is 48.5 Å². The van der Waals surface area contributed by atoms with Crippen LogP contribution in [0.1, 0.15) is 16.7 Å². The Morgan fingerprint density at radius 2 is 1.78 bits per heavy atom. The third-order valence-corrected chi connectivity index (χ3v) is 2.77. The van der Waals surface area contributed by atoms with Crippen molar-refractivity contribution in [3.63, 3.8) is 0 Å². The highest BCUT2D eigenvalue weighted by atomic mass is 16.6. The van der Waals surface area contributed by atoms with Crippen LogP contribution in [0.3, 0.4) is 0 Å². The molecule has 2 aromatic rings. The van der Waals surface area contributed by atoms with Crippen LogP contribution in [-0.4, -0.2) is 10.0 Å². The van der Waals surface area contributed by atoms with Crippen LogP contribution in [0.4, 0.5) is 5.69 Å². The van der Waals surface area contributed by atoms with Crippen molar-refractivity contribution in [3.05, 3.63) is 75.3 Å². The second kappa shape index (κ2) is 5.42. The summed E-state index contributed by atoms with van der Waals surface area (Å²) in [4.78, 5) is 10.4. The number of hydrogen-bond donors (Lipinski definition) is 1. The Bertz CT molecular complexity index is 552. The van der Waals surface area contributed by atoms with Gasteiger partial charge in [-0.3, -0.25) is 10.1 Å². The predicted octanol–water partition coefficient (Wildman–Crippen LogP) is 2.68. The van der Waals surface area contributed by atoms with Gasteiger partial charge >= 0.3 is 0 Å². The van der Waals surface area contributed by atoms with Crippen LogP contribution in [0.2, 0.25) is 0 Å². The van der Waals surface area contributed by atoms with Crippen molar-refractivity contribution >= 4 is 5.69 Å². The lowest BCUT2D eigenvalue weighted by Crippen LogP contribution is -1.97. The number of aliphatic hydroxyl groups excluding tert-OH is 1. The summed E-state index contributed by atoms with van der Waals surface area (Å²) in [7, 11) is 0. The summed E-state index contributed by atoms with van der Waals surface area (Å²) in [5, 5.41) is 19.9. The minimum atomic E-state index is -0.458. The summed E-state index contributed by atoms with van der Waals surface area (Å²) in [6.45, 7) is -0.318. The van der Waals surface area contributed by atoms with Gasteiger partial charge in [-0.15, -0.1) is 0 Å². The molecule has 92 valence electrons. The molecule has 0 bridgehead atoms. The lowest BCUT2D eigenvalue weighted by molar-refractivity contribution is -0.385. The van der Waals surface area contributed by atoms with E-state index in [9.17, 15) is 10.1 Å². The Morgan fingerprint density at radius 1 is 1.06 bits per heavy atom. The molecular formula is C14H13NO3. The molecular weight excluding hydrogens is 230 g/mol. The fraction of sp³-hybridized carbons (Fsp3) is 0.143. The Kier molecular flexibility index (Phi) is 3.69. The van der Waals surface area contributed by atoms with Crippen molar-refractivity contribution in [2.24, 2.45) is 0 Å². The quantitative estimate of drug-likeness (QED) is 0.663. The van der Waals surface area contributed by atoms with E-state index in [0.29, 0.717) is 12.0 Å². The average molecular weight is 243 g/mol. The summed E-state index contributed by atoms with van der Waals surface area (Å²) in [6.07, 6.45) is 0.646.